The summed E-state index contributed by atoms with van der Waals surface area (Å²) in [5.41, 5.74) is 3.67. The molecule has 2 aliphatic carbocycles. The second-order valence-corrected chi connectivity index (χ2v) is 8.84. The maximum atomic E-state index is 13.0. The number of aliphatic hydroxyl groups is 1. The number of fused-ring (bicyclic) bond motifs is 3. The highest BCUT2D eigenvalue weighted by Gasteiger charge is 2.55. The predicted octanol–water partition coefficient (Wildman–Crippen LogP) is 5.13. The zero-order valence-corrected chi connectivity index (χ0v) is 18.8. The molecule has 1 heterocycles. The smallest absolute Gasteiger partial charge is 0.230 e. The fraction of sp³-hybridized carbons (Fsp3) is 0.296. The number of rotatable bonds is 4. The number of methoxy groups -OCH3 is 1. The van der Waals surface area contributed by atoms with Gasteiger partial charge in [0.2, 0.25) is 11.8 Å². The van der Waals surface area contributed by atoms with Gasteiger partial charge >= 0.3 is 0 Å². The quantitative estimate of drug-likeness (QED) is 0.431. The van der Waals surface area contributed by atoms with Gasteiger partial charge in [0.25, 0.3) is 0 Å². The van der Waals surface area contributed by atoms with Crippen LogP contribution in [0.4, 0.5) is 11.6 Å². The number of aromatic nitrogens is 2. The molecule has 168 valence electrons. The summed E-state index contributed by atoms with van der Waals surface area (Å²) in [6.45, 7) is 1.97. The van der Waals surface area contributed by atoms with Gasteiger partial charge in [-0.25, -0.2) is 4.98 Å². The van der Waals surface area contributed by atoms with Crippen LogP contribution < -0.4 is 10.1 Å². The van der Waals surface area contributed by atoms with E-state index >= 15 is 0 Å². The van der Waals surface area contributed by atoms with E-state index in [0.717, 1.165) is 41.6 Å². The molecule has 3 aromatic rings. The molecular weight excluding hydrogens is 414 g/mol. The van der Waals surface area contributed by atoms with Crippen LogP contribution in [0.15, 0.2) is 72.5 Å². The maximum absolute atomic E-state index is 13.0. The highest BCUT2D eigenvalue weighted by Crippen LogP contribution is 2.56. The number of benzene rings is 2. The summed E-state index contributed by atoms with van der Waals surface area (Å²) in [5, 5.41) is 13.3. The van der Waals surface area contributed by atoms with Gasteiger partial charge in [-0.15, -0.1) is 0 Å². The number of para-hydroxylation sites is 1. The van der Waals surface area contributed by atoms with Crippen LogP contribution in [0.2, 0.25) is 0 Å². The Morgan fingerprint density at radius 2 is 1.79 bits per heavy atom. The molecule has 6 heteroatoms. The summed E-state index contributed by atoms with van der Waals surface area (Å²) >= 11 is 0. The van der Waals surface area contributed by atoms with Crippen molar-refractivity contribution in [3.63, 3.8) is 0 Å². The zero-order chi connectivity index (χ0) is 23.0. The first kappa shape index (κ1) is 21.2. The summed E-state index contributed by atoms with van der Waals surface area (Å²) in [7, 11) is 1.63. The van der Waals surface area contributed by atoms with E-state index in [4.69, 9.17) is 9.72 Å². The van der Waals surface area contributed by atoms with E-state index in [1.807, 2.05) is 55.5 Å². The van der Waals surface area contributed by atoms with Crippen molar-refractivity contribution < 1.29 is 14.6 Å². The summed E-state index contributed by atoms with van der Waals surface area (Å²) in [4.78, 5) is 22.7. The van der Waals surface area contributed by atoms with Crippen molar-refractivity contribution in [2.24, 2.45) is 11.8 Å². The molecule has 0 bridgehead atoms. The van der Waals surface area contributed by atoms with E-state index < -0.39 is 5.41 Å². The molecule has 1 fully saturated rings. The Balaban J connectivity index is 1.76. The van der Waals surface area contributed by atoms with Crippen molar-refractivity contribution in [3.05, 3.63) is 89.3 Å². The molecule has 33 heavy (non-hydrogen) atoms. The second kappa shape index (κ2) is 8.35. The minimum absolute atomic E-state index is 0.0150. The SMILES string of the molecule is COc1nc(Nc2ccccc2)nc2c1CC[C@H]1[C@H](C)C(=O)C(=CO)C[C@]21c1ccccc1. The Morgan fingerprint density at radius 1 is 1.09 bits per heavy atom. The van der Waals surface area contributed by atoms with Gasteiger partial charge in [0, 0.05) is 28.2 Å². The standard InChI is InChI=1S/C27H27N3O3/c1-17-22-14-13-21-24(29-26(30-25(21)33-2)28-20-11-7-4-8-12-20)27(22,15-18(16-31)23(17)32)19-9-5-3-6-10-19/h3-12,16-17,22,31H,13-15H2,1-2H3,(H,28,29,30)/t17-,22-,27+/m0/s1. The topological polar surface area (TPSA) is 84.3 Å². The number of allylic oxidation sites excluding steroid dienone is 1. The molecule has 2 N–H and O–H groups in total. The first-order valence-corrected chi connectivity index (χ1v) is 11.3. The van der Waals surface area contributed by atoms with Crippen LogP contribution in [0.25, 0.3) is 0 Å². The maximum Gasteiger partial charge on any atom is 0.230 e. The first-order chi connectivity index (χ1) is 16.1. The normalized spacial score (nSPS) is 25.3. The van der Waals surface area contributed by atoms with E-state index in [2.05, 4.69) is 22.4 Å². The van der Waals surface area contributed by atoms with Crippen molar-refractivity contribution in [1.82, 2.24) is 9.97 Å². The molecule has 2 aromatic carbocycles. The fourth-order valence-corrected chi connectivity index (χ4v) is 5.71. The van der Waals surface area contributed by atoms with E-state index in [0.29, 0.717) is 23.8 Å². The van der Waals surface area contributed by atoms with Gasteiger partial charge in [-0.2, -0.15) is 4.98 Å². The van der Waals surface area contributed by atoms with Gasteiger partial charge in [-0.05, 0) is 42.9 Å². The van der Waals surface area contributed by atoms with Gasteiger partial charge in [0.15, 0.2) is 5.78 Å². The number of aliphatic hydroxyl groups excluding tert-OH is 1. The van der Waals surface area contributed by atoms with Crippen LogP contribution in [-0.2, 0) is 16.6 Å². The van der Waals surface area contributed by atoms with E-state index in [-0.39, 0.29) is 17.6 Å². The Hall–Kier alpha value is -3.67. The van der Waals surface area contributed by atoms with Crippen molar-refractivity contribution in [2.45, 2.75) is 31.6 Å². The van der Waals surface area contributed by atoms with Crippen molar-refractivity contribution in [3.8, 4) is 5.88 Å². The molecule has 0 aliphatic heterocycles. The Kier molecular flexibility index (Phi) is 5.36. The third kappa shape index (κ3) is 3.37. The predicted molar refractivity (Wildman–Crippen MR) is 127 cm³/mol. The molecule has 3 atom stereocenters. The van der Waals surface area contributed by atoms with E-state index in [9.17, 15) is 9.90 Å². The van der Waals surface area contributed by atoms with Crippen LogP contribution in [0, 0.1) is 11.8 Å². The molecular formula is C27H27N3O3. The number of Topliss-reactive ketones (excluding diaryl/α,β-unsaturated/α-hetero) is 1. The van der Waals surface area contributed by atoms with E-state index in [1.54, 1.807) is 7.11 Å². The summed E-state index contributed by atoms with van der Waals surface area (Å²) in [6.07, 6.45) is 2.92. The highest BCUT2D eigenvalue weighted by atomic mass is 16.5. The second-order valence-electron chi connectivity index (χ2n) is 8.84. The largest absolute Gasteiger partial charge is 0.515 e. The van der Waals surface area contributed by atoms with Gasteiger partial charge in [0.05, 0.1) is 19.1 Å². The van der Waals surface area contributed by atoms with Crippen molar-refractivity contribution >= 4 is 17.4 Å². The number of nitrogens with one attached hydrogen (secondary N) is 1. The number of carbonyl (C=O) groups is 1. The average molecular weight is 442 g/mol. The highest BCUT2D eigenvalue weighted by molar-refractivity contribution is 5.98. The third-order valence-electron chi connectivity index (χ3n) is 7.20. The molecule has 6 nitrogen and oxygen atoms in total. The fourth-order valence-electron chi connectivity index (χ4n) is 5.71. The van der Waals surface area contributed by atoms with Crippen LogP contribution in [0.5, 0.6) is 5.88 Å². The van der Waals surface area contributed by atoms with Crippen molar-refractivity contribution in [1.29, 1.82) is 0 Å². The van der Waals surface area contributed by atoms with Crippen LogP contribution in [0.1, 0.15) is 36.6 Å². The van der Waals surface area contributed by atoms with Gasteiger partial charge in [-0.3, -0.25) is 4.79 Å². The molecule has 2 aliphatic rings. The van der Waals surface area contributed by atoms with Crippen LogP contribution >= 0.6 is 0 Å². The van der Waals surface area contributed by atoms with E-state index in [1.165, 1.54) is 0 Å². The van der Waals surface area contributed by atoms with Gasteiger partial charge < -0.3 is 15.2 Å². The molecule has 0 amide bonds. The number of hydrogen-bond donors (Lipinski definition) is 2. The van der Waals surface area contributed by atoms with Crippen molar-refractivity contribution in [2.75, 3.05) is 12.4 Å². The Bertz CT molecular complexity index is 1210. The monoisotopic (exact) mass is 441 g/mol. The molecule has 0 radical (unpaired) electrons. The molecule has 1 aromatic heterocycles. The Morgan fingerprint density at radius 3 is 2.45 bits per heavy atom. The summed E-state index contributed by atoms with van der Waals surface area (Å²) < 4.78 is 5.73. The summed E-state index contributed by atoms with van der Waals surface area (Å²) in [6, 6.07) is 20.0. The number of carbonyl (C=O) groups excluding carboxylic acids is 1. The lowest BCUT2D eigenvalue weighted by Gasteiger charge is -2.50. The summed E-state index contributed by atoms with van der Waals surface area (Å²) in [5.74, 6) is 0.823. The lowest BCUT2D eigenvalue weighted by Crippen LogP contribution is -2.51. The minimum Gasteiger partial charge on any atom is -0.515 e. The molecule has 0 unspecified atom stereocenters. The van der Waals surface area contributed by atoms with Crippen LogP contribution in [-0.4, -0.2) is 28.0 Å². The molecule has 0 spiro atoms. The zero-order valence-electron chi connectivity index (χ0n) is 18.8. The minimum atomic E-state index is -0.569. The third-order valence-corrected chi connectivity index (χ3v) is 7.20. The van der Waals surface area contributed by atoms with Gasteiger partial charge in [0.1, 0.15) is 0 Å². The Labute approximate surface area is 193 Å². The first-order valence-electron chi connectivity index (χ1n) is 11.3. The number of nitrogens with zero attached hydrogens (tertiary/aromatic N) is 2. The average Bonchev–Trinajstić information content (AvgIpc) is 2.86. The molecule has 1 saturated carbocycles. The number of ketones is 1. The number of anilines is 2. The molecule has 5 rings (SSSR count). The number of ether oxygens (including phenoxy) is 1. The lowest BCUT2D eigenvalue weighted by atomic mass is 9.52. The van der Waals surface area contributed by atoms with Gasteiger partial charge in [-0.1, -0.05) is 55.5 Å². The lowest BCUT2D eigenvalue weighted by molar-refractivity contribution is -0.123. The van der Waals surface area contributed by atoms with Crippen LogP contribution in [0.3, 0.4) is 0 Å². The molecule has 0 saturated heterocycles. The number of hydrogen-bond acceptors (Lipinski definition) is 6.